The standard InChI is InChI=1S/C33H35ClF3NO3/c1-5-6-7-28(21-8-10-22(11-9-21)30(39)41-31(2,3)4)32(40,24-14-16-27(34)17-15-24)26-18-23-12-13-25(33(35,36)37)19-29(23)38-20-26/h8-10,12-20,22,28,40H,5-7,11H2,1-4H3. The number of esters is 1. The number of halogens is 4. The van der Waals surface area contributed by atoms with E-state index in [-0.39, 0.29) is 11.5 Å². The van der Waals surface area contributed by atoms with E-state index in [4.69, 9.17) is 16.3 Å². The zero-order chi connectivity index (χ0) is 30.0. The van der Waals surface area contributed by atoms with Crippen molar-refractivity contribution in [2.75, 3.05) is 0 Å². The third-order valence-corrected chi connectivity index (χ3v) is 7.58. The molecule has 0 spiro atoms. The van der Waals surface area contributed by atoms with Crippen molar-refractivity contribution >= 4 is 28.5 Å². The molecule has 218 valence electrons. The molecule has 4 nitrogen and oxygen atoms in total. The molecular weight excluding hydrogens is 551 g/mol. The van der Waals surface area contributed by atoms with Gasteiger partial charge in [0, 0.05) is 28.1 Å². The highest BCUT2D eigenvalue weighted by Gasteiger charge is 2.42. The predicted octanol–water partition coefficient (Wildman–Crippen LogP) is 8.79. The number of hydrogen-bond donors (Lipinski definition) is 1. The number of hydrogen-bond acceptors (Lipinski definition) is 4. The van der Waals surface area contributed by atoms with Crippen molar-refractivity contribution in [3.05, 3.63) is 100 Å². The van der Waals surface area contributed by atoms with Gasteiger partial charge in [0.05, 0.1) is 17.0 Å². The third-order valence-electron chi connectivity index (χ3n) is 7.33. The number of allylic oxidation sites excluding steroid dienone is 2. The van der Waals surface area contributed by atoms with E-state index in [9.17, 15) is 23.1 Å². The fraction of sp³-hybridized carbons (Fsp3) is 0.394. The van der Waals surface area contributed by atoms with Crippen molar-refractivity contribution < 1.29 is 27.8 Å². The van der Waals surface area contributed by atoms with Crippen LogP contribution >= 0.6 is 11.6 Å². The summed E-state index contributed by atoms with van der Waals surface area (Å²) in [7, 11) is 0. The third kappa shape index (κ3) is 7.02. The van der Waals surface area contributed by atoms with Crippen molar-refractivity contribution in [1.29, 1.82) is 0 Å². The SMILES string of the molecule is CCCCC(C1=CCC(C(=O)OC(C)(C)C)C=C1)C(O)(c1ccc(Cl)cc1)c1cnc2cc(C(F)(F)F)ccc2c1. The fourth-order valence-electron chi connectivity index (χ4n) is 5.25. The number of ether oxygens (including phenoxy) is 1. The normalized spacial score (nSPS) is 18.1. The average Bonchev–Trinajstić information content (AvgIpc) is 2.91. The molecule has 4 rings (SSSR count). The Labute approximate surface area is 243 Å². The highest BCUT2D eigenvalue weighted by Crippen LogP contribution is 2.45. The number of fused-ring (bicyclic) bond motifs is 1. The Morgan fingerprint density at radius 1 is 1.07 bits per heavy atom. The molecular formula is C33H35ClF3NO3. The summed E-state index contributed by atoms with van der Waals surface area (Å²) in [5, 5.41) is 13.7. The van der Waals surface area contributed by atoms with E-state index in [1.54, 1.807) is 30.3 Å². The number of nitrogens with zero attached hydrogens (tertiary/aromatic N) is 1. The van der Waals surface area contributed by atoms with Crippen LogP contribution in [0.2, 0.25) is 5.02 Å². The number of carbonyl (C=O) groups excluding carboxylic acids is 1. The molecule has 2 aromatic carbocycles. The average molecular weight is 586 g/mol. The number of carbonyl (C=O) groups is 1. The van der Waals surface area contributed by atoms with Crippen molar-refractivity contribution in [3.8, 4) is 0 Å². The molecule has 1 N–H and O–H groups in total. The Morgan fingerprint density at radius 2 is 1.76 bits per heavy atom. The van der Waals surface area contributed by atoms with E-state index < -0.39 is 34.8 Å². The minimum Gasteiger partial charge on any atom is -0.460 e. The topological polar surface area (TPSA) is 59.4 Å². The first kappa shape index (κ1) is 30.8. The largest absolute Gasteiger partial charge is 0.460 e. The second-order valence-electron chi connectivity index (χ2n) is 11.5. The van der Waals surface area contributed by atoms with Gasteiger partial charge in [0.1, 0.15) is 11.2 Å². The van der Waals surface area contributed by atoms with E-state index in [0.29, 0.717) is 34.4 Å². The van der Waals surface area contributed by atoms with Crippen LogP contribution in [0.15, 0.2) is 78.5 Å². The molecule has 8 heteroatoms. The number of unbranched alkanes of at least 4 members (excludes halogenated alkanes) is 1. The van der Waals surface area contributed by atoms with Gasteiger partial charge >= 0.3 is 12.1 Å². The molecule has 0 saturated heterocycles. The smallest absolute Gasteiger partial charge is 0.416 e. The van der Waals surface area contributed by atoms with Crippen LogP contribution in [0.3, 0.4) is 0 Å². The predicted molar refractivity (Wildman–Crippen MR) is 155 cm³/mol. The van der Waals surface area contributed by atoms with Crippen LogP contribution in [0.5, 0.6) is 0 Å². The molecule has 0 radical (unpaired) electrons. The van der Waals surface area contributed by atoms with E-state index >= 15 is 0 Å². The summed E-state index contributed by atoms with van der Waals surface area (Å²) in [5.74, 6) is -1.18. The lowest BCUT2D eigenvalue weighted by atomic mass is 9.69. The van der Waals surface area contributed by atoms with Crippen molar-refractivity contribution in [2.24, 2.45) is 11.8 Å². The molecule has 3 atom stereocenters. The minimum atomic E-state index is -4.49. The van der Waals surface area contributed by atoms with Gasteiger partial charge in [0.25, 0.3) is 0 Å². The van der Waals surface area contributed by atoms with Gasteiger partial charge < -0.3 is 9.84 Å². The molecule has 0 aliphatic heterocycles. The molecule has 0 fully saturated rings. The second-order valence-corrected chi connectivity index (χ2v) is 12.0. The van der Waals surface area contributed by atoms with Crippen molar-refractivity contribution in [3.63, 3.8) is 0 Å². The Kier molecular flexibility index (Phi) is 9.00. The first-order chi connectivity index (χ1) is 19.2. The van der Waals surface area contributed by atoms with Crippen molar-refractivity contribution in [1.82, 2.24) is 4.98 Å². The van der Waals surface area contributed by atoms with Gasteiger partial charge in [-0.15, -0.1) is 0 Å². The molecule has 3 unspecified atom stereocenters. The monoisotopic (exact) mass is 585 g/mol. The Morgan fingerprint density at radius 3 is 2.34 bits per heavy atom. The van der Waals surface area contributed by atoms with Crippen LogP contribution in [0.1, 0.15) is 70.1 Å². The van der Waals surface area contributed by atoms with Gasteiger partial charge in [0.2, 0.25) is 0 Å². The second kappa shape index (κ2) is 12.0. The molecule has 0 amide bonds. The Bertz CT molecular complexity index is 1460. The number of alkyl halides is 3. The number of benzene rings is 2. The maximum atomic E-state index is 13.3. The quantitative estimate of drug-likeness (QED) is 0.268. The van der Waals surface area contributed by atoms with Crippen LogP contribution in [0.25, 0.3) is 10.9 Å². The van der Waals surface area contributed by atoms with E-state index in [1.165, 1.54) is 12.3 Å². The number of aliphatic hydroxyl groups is 1. The Hall–Kier alpha value is -3.16. The van der Waals surface area contributed by atoms with Gasteiger partial charge in [-0.25, -0.2) is 0 Å². The van der Waals surface area contributed by atoms with Crippen LogP contribution in [0, 0.1) is 11.8 Å². The van der Waals surface area contributed by atoms with Gasteiger partial charge in [0.15, 0.2) is 0 Å². The van der Waals surface area contributed by atoms with Crippen LogP contribution in [-0.2, 0) is 21.3 Å². The van der Waals surface area contributed by atoms with Crippen molar-refractivity contribution in [2.45, 2.75) is 70.8 Å². The molecule has 1 aliphatic carbocycles. The zero-order valence-corrected chi connectivity index (χ0v) is 24.4. The highest BCUT2D eigenvalue weighted by atomic mass is 35.5. The van der Waals surface area contributed by atoms with Crippen LogP contribution in [-0.4, -0.2) is 21.7 Å². The molecule has 41 heavy (non-hydrogen) atoms. The number of pyridine rings is 1. The maximum absolute atomic E-state index is 13.3. The molecule has 0 bridgehead atoms. The van der Waals surface area contributed by atoms with Crippen LogP contribution < -0.4 is 0 Å². The Balaban J connectivity index is 1.80. The van der Waals surface area contributed by atoms with Crippen LogP contribution in [0.4, 0.5) is 13.2 Å². The summed E-state index contributed by atoms with van der Waals surface area (Å²) >= 11 is 6.19. The first-order valence-corrected chi connectivity index (χ1v) is 14.2. The summed E-state index contributed by atoms with van der Waals surface area (Å²) in [6.45, 7) is 7.55. The summed E-state index contributed by atoms with van der Waals surface area (Å²) in [6, 6.07) is 12.0. The maximum Gasteiger partial charge on any atom is 0.416 e. The van der Waals surface area contributed by atoms with E-state index in [2.05, 4.69) is 11.9 Å². The zero-order valence-electron chi connectivity index (χ0n) is 23.6. The molecule has 0 saturated carbocycles. The first-order valence-electron chi connectivity index (χ1n) is 13.8. The lowest BCUT2D eigenvalue weighted by Crippen LogP contribution is -2.38. The fourth-order valence-corrected chi connectivity index (χ4v) is 5.38. The number of aromatic nitrogens is 1. The lowest BCUT2D eigenvalue weighted by Gasteiger charge is -2.39. The molecule has 1 aliphatic rings. The summed E-state index contributed by atoms with van der Waals surface area (Å²) in [5.41, 5.74) is -0.879. The lowest BCUT2D eigenvalue weighted by molar-refractivity contribution is -0.158. The number of rotatable bonds is 8. The van der Waals surface area contributed by atoms with Gasteiger partial charge in [-0.2, -0.15) is 13.2 Å². The van der Waals surface area contributed by atoms with Gasteiger partial charge in [-0.3, -0.25) is 9.78 Å². The summed E-state index contributed by atoms with van der Waals surface area (Å²) < 4.78 is 45.5. The summed E-state index contributed by atoms with van der Waals surface area (Å²) in [4.78, 5) is 17.1. The minimum absolute atomic E-state index is 0.184. The molecule has 3 aromatic rings. The van der Waals surface area contributed by atoms with Gasteiger partial charge in [-0.05, 0) is 75.1 Å². The summed E-state index contributed by atoms with van der Waals surface area (Å²) in [6.07, 6.45) is 5.39. The van der Waals surface area contributed by atoms with Gasteiger partial charge in [-0.1, -0.05) is 67.8 Å². The molecule has 1 aromatic heterocycles. The van der Waals surface area contributed by atoms with E-state index in [0.717, 1.165) is 30.5 Å². The molecule has 1 heterocycles. The van der Waals surface area contributed by atoms with E-state index in [1.807, 2.05) is 39.0 Å². The highest BCUT2D eigenvalue weighted by molar-refractivity contribution is 6.30.